The number of anilines is 1. The van der Waals surface area contributed by atoms with E-state index in [-0.39, 0.29) is 17.6 Å². The van der Waals surface area contributed by atoms with Crippen molar-refractivity contribution in [3.63, 3.8) is 0 Å². The Hall–Kier alpha value is -2.62. The summed E-state index contributed by atoms with van der Waals surface area (Å²) in [4.78, 5) is 24.0. The first-order chi connectivity index (χ1) is 17.8. The number of carbonyl (C=O) groups excluding carboxylic acids is 2. The van der Waals surface area contributed by atoms with Crippen LogP contribution in [0.15, 0.2) is 30.3 Å². The van der Waals surface area contributed by atoms with E-state index in [0.717, 1.165) is 47.7 Å². The molecule has 2 saturated carbocycles. The molecule has 2 aromatic rings. The van der Waals surface area contributed by atoms with Crippen LogP contribution in [0.4, 0.5) is 5.69 Å². The molecule has 0 aromatic heterocycles. The molecule has 0 unspecified atom stereocenters. The molecule has 0 radical (unpaired) electrons. The Labute approximate surface area is 224 Å². The molecule has 202 valence electrons. The topological polar surface area (TPSA) is 55.4 Å². The highest BCUT2D eigenvalue weighted by molar-refractivity contribution is 5.96. The number of carbonyl (C=O) groups is 2. The van der Waals surface area contributed by atoms with Gasteiger partial charge in [0.25, 0.3) is 0 Å². The first kappa shape index (κ1) is 28.9. The highest BCUT2D eigenvalue weighted by Gasteiger charge is 2.26. The second kappa shape index (κ2) is 13.8. The van der Waals surface area contributed by atoms with Gasteiger partial charge in [-0.25, -0.2) is 0 Å². The second-order valence-electron chi connectivity index (χ2n) is 11.1. The maximum Gasteiger partial charge on any atom is 0.227 e. The minimum absolute atomic E-state index is 0.163. The number of benzene rings is 2. The Morgan fingerprint density at radius 3 is 2.19 bits per heavy atom. The Balaban J connectivity index is 0.000000213. The summed E-state index contributed by atoms with van der Waals surface area (Å²) in [6, 6.07) is 10.2. The van der Waals surface area contributed by atoms with Crippen LogP contribution in [-0.4, -0.2) is 18.8 Å². The molecule has 4 heteroatoms. The van der Waals surface area contributed by atoms with Gasteiger partial charge in [0.05, 0.1) is 7.11 Å². The van der Waals surface area contributed by atoms with E-state index in [1.54, 1.807) is 14.0 Å². The van der Waals surface area contributed by atoms with Crippen molar-refractivity contribution in [3.8, 4) is 5.75 Å². The molecule has 2 fully saturated rings. The van der Waals surface area contributed by atoms with E-state index in [4.69, 9.17) is 4.74 Å². The van der Waals surface area contributed by atoms with Gasteiger partial charge in [-0.3, -0.25) is 9.59 Å². The normalized spacial score (nSPS) is 19.3. The van der Waals surface area contributed by atoms with Gasteiger partial charge in [-0.05, 0) is 112 Å². The second-order valence-corrected chi connectivity index (χ2v) is 11.1. The van der Waals surface area contributed by atoms with Crippen LogP contribution in [0, 0.1) is 25.7 Å². The van der Waals surface area contributed by atoms with Crippen molar-refractivity contribution in [1.82, 2.24) is 0 Å². The van der Waals surface area contributed by atoms with Crippen LogP contribution in [0.25, 0.3) is 0 Å². The molecule has 2 aliphatic carbocycles. The van der Waals surface area contributed by atoms with E-state index in [9.17, 15) is 9.59 Å². The third kappa shape index (κ3) is 7.69. The Morgan fingerprint density at radius 1 is 0.946 bits per heavy atom. The average Bonchev–Trinajstić information content (AvgIpc) is 2.85. The Morgan fingerprint density at radius 2 is 1.65 bits per heavy atom. The van der Waals surface area contributed by atoms with E-state index < -0.39 is 0 Å². The third-order valence-corrected chi connectivity index (χ3v) is 8.39. The smallest absolute Gasteiger partial charge is 0.227 e. The van der Waals surface area contributed by atoms with Crippen molar-refractivity contribution in [2.75, 3.05) is 12.4 Å². The highest BCUT2D eigenvalue weighted by atomic mass is 16.5. The quantitative estimate of drug-likeness (QED) is 0.366. The van der Waals surface area contributed by atoms with Crippen molar-refractivity contribution in [2.45, 2.75) is 105 Å². The van der Waals surface area contributed by atoms with E-state index >= 15 is 0 Å². The number of ketones is 1. The van der Waals surface area contributed by atoms with Gasteiger partial charge in [-0.2, -0.15) is 0 Å². The lowest BCUT2D eigenvalue weighted by molar-refractivity contribution is -0.121. The third-order valence-electron chi connectivity index (χ3n) is 8.39. The van der Waals surface area contributed by atoms with Crippen molar-refractivity contribution in [3.05, 3.63) is 58.1 Å². The van der Waals surface area contributed by atoms with Crippen LogP contribution in [0.3, 0.4) is 0 Å². The number of Topliss-reactive ketones (excluding diaryl/α,β-unsaturated/α-hetero) is 1. The maximum absolute atomic E-state index is 12.4. The van der Waals surface area contributed by atoms with Gasteiger partial charge < -0.3 is 10.1 Å². The van der Waals surface area contributed by atoms with Crippen LogP contribution in [-0.2, 0) is 11.2 Å². The van der Waals surface area contributed by atoms with E-state index in [1.807, 2.05) is 25.1 Å². The van der Waals surface area contributed by atoms with Gasteiger partial charge in [-0.15, -0.1) is 0 Å². The lowest BCUT2D eigenvalue weighted by Crippen LogP contribution is -2.27. The van der Waals surface area contributed by atoms with Gasteiger partial charge >= 0.3 is 0 Å². The molecule has 2 aliphatic rings. The molecule has 0 heterocycles. The van der Waals surface area contributed by atoms with Crippen LogP contribution in [0.5, 0.6) is 5.75 Å². The molecule has 0 saturated heterocycles. The van der Waals surface area contributed by atoms with Crippen LogP contribution < -0.4 is 10.1 Å². The summed E-state index contributed by atoms with van der Waals surface area (Å²) in [7, 11) is 1.66. The summed E-state index contributed by atoms with van der Waals surface area (Å²) < 4.78 is 5.30. The first-order valence-electron chi connectivity index (χ1n) is 14.4. The number of amides is 1. The molecular formula is C33H47NO3. The molecule has 0 bridgehead atoms. The lowest BCUT2D eigenvalue weighted by atomic mass is 9.78. The number of hydrogen-bond donors (Lipinski definition) is 1. The summed E-state index contributed by atoms with van der Waals surface area (Å²) in [6.07, 6.45) is 11.9. The fraction of sp³-hybridized carbons (Fsp3) is 0.576. The van der Waals surface area contributed by atoms with Gasteiger partial charge in [0.1, 0.15) is 5.75 Å². The predicted octanol–water partition coefficient (Wildman–Crippen LogP) is 8.58. The number of rotatable bonds is 8. The van der Waals surface area contributed by atoms with Crippen LogP contribution >= 0.6 is 0 Å². The zero-order chi connectivity index (χ0) is 26.9. The molecule has 0 atom stereocenters. The summed E-state index contributed by atoms with van der Waals surface area (Å²) >= 11 is 0. The first-order valence-corrected chi connectivity index (χ1v) is 14.4. The van der Waals surface area contributed by atoms with E-state index in [0.29, 0.717) is 5.92 Å². The van der Waals surface area contributed by atoms with Gasteiger partial charge in [0, 0.05) is 23.2 Å². The minimum Gasteiger partial charge on any atom is -0.496 e. The molecular weight excluding hydrogens is 458 g/mol. The van der Waals surface area contributed by atoms with Crippen LogP contribution in [0.1, 0.15) is 117 Å². The average molecular weight is 506 g/mol. The fourth-order valence-corrected chi connectivity index (χ4v) is 5.87. The van der Waals surface area contributed by atoms with Crippen molar-refractivity contribution >= 4 is 17.4 Å². The Bertz CT molecular complexity index is 1060. The predicted molar refractivity (Wildman–Crippen MR) is 154 cm³/mol. The molecule has 4 rings (SSSR count). The zero-order valence-electron chi connectivity index (χ0n) is 23.9. The largest absolute Gasteiger partial charge is 0.496 e. The highest BCUT2D eigenvalue weighted by Crippen LogP contribution is 2.38. The Kier molecular flexibility index (Phi) is 10.8. The zero-order valence-corrected chi connectivity index (χ0v) is 23.9. The molecule has 37 heavy (non-hydrogen) atoms. The molecule has 1 amide bonds. The molecule has 4 nitrogen and oxygen atoms in total. The fourth-order valence-electron chi connectivity index (χ4n) is 5.87. The van der Waals surface area contributed by atoms with Gasteiger partial charge in [0.2, 0.25) is 5.91 Å². The lowest BCUT2D eigenvalue weighted by Gasteiger charge is -2.27. The SMILES string of the molecule is CCCC1CCC(C(=O)Nc2ccc(C)c(OC)c2)CC1.CCc1c(C)cc(C2CCC2)cc1C(C)=O. The van der Waals surface area contributed by atoms with Crippen molar-refractivity contribution in [2.24, 2.45) is 11.8 Å². The molecule has 0 aliphatic heterocycles. The summed E-state index contributed by atoms with van der Waals surface area (Å²) in [5, 5.41) is 3.04. The molecule has 0 spiro atoms. The number of aryl methyl sites for hydroxylation is 2. The van der Waals surface area contributed by atoms with Crippen LogP contribution in [0.2, 0.25) is 0 Å². The number of ether oxygens (including phenoxy) is 1. The monoisotopic (exact) mass is 505 g/mol. The summed E-state index contributed by atoms with van der Waals surface area (Å²) in [5.41, 5.74) is 6.76. The number of hydrogen-bond acceptors (Lipinski definition) is 3. The molecule has 1 N–H and O–H groups in total. The number of nitrogens with one attached hydrogen (secondary N) is 1. The van der Waals surface area contributed by atoms with Crippen molar-refractivity contribution < 1.29 is 14.3 Å². The summed E-state index contributed by atoms with van der Waals surface area (Å²) in [6.45, 7) is 10.2. The summed E-state index contributed by atoms with van der Waals surface area (Å²) in [5.74, 6) is 2.91. The van der Waals surface area contributed by atoms with Crippen molar-refractivity contribution in [1.29, 1.82) is 0 Å². The number of methoxy groups -OCH3 is 1. The standard InChI is InChI=1S/C18H27NO2.C15H20O/c1-4-5-14-7-9-15(10-8-14)18(20)19-16-11-6-13(2)17(12-16)21-3;1-4-14-10(2)8-13(12-6-5-7-12)9-15(14)11(3)16/h6,11-12,14-15H,4-5,7-10H2,1-3H3,(H,19,20);8-9,12H,4-7H2,1-3H3. The maximum atomic E-state index is 12.4. The van der Waals surface area contributed by atoms with E-state index in [1.165, 1.54) is 61.6 Å². The van der Waals surface area contributed by atoms with E-state index in [2.05, 4.69) is 38.2 Å². The minimum atomic E-state index is 0.163. The van der Waals surface area contributed by atoms with Gasteiger partial charge in [0.15, 0.2) is 5.78 Å². The van der Waals surface area contributed by atoms with Gasteiger partial charge in [-0.1, -0.05) is 45.2 Å². The molecule has 2 aromatic carbocycles.